The second-order valence-electron chi connectivity index (χ2n) is 5.42. The Bertz CT molecular complexity index is 1010. The van der Waals surface area contributed by atoms with Crippen LogP contribution in [0.3, 0.4) is 0 Å². The fraction of sp³-hybridized carbons (Fsp3) is 0.176. The molecule has 0 saturated heterocycles. The number of methoxy groups -OCH3 is 2. The van der Waals surface area contributed by atoms with E-state index < -0.39 is 40.6 Å². The highest BCUT2D eigenvalue weighted by Gasteiger charge is 2.21. The molecule has 2 aromatic rings. The summed E-state index contributed by atoms with van der Waals surface area (Å²) in [6.45, 7) is -0.604. The first-order chi connectivity index (χ1) is 13.3. The van der Waals surface area contributed by atoms with E-state index >= 15 is 0 Å². The van der Waals surface area contributed by atoms with Gasteiger partial charge in [-0.05, 0) is 18.2 Å². The average Bonchev–Trinajstić information content (AvgIpc) is 2.68. The lowest BCUT2D eigenvalue weighted by Crippen LogP contribution is -2.29. The Kier molecular flexibility index (Phi) is 6.22. The van der Waals surface area contributed by atoms with E-state index in [9.17, 15) is 29.3 Å². The molecule has 11 heteroatoms. The number of nitro groups is 1. The number of carbonyl (C=O) groups excluding carboxylic acids is 3. The number of rotatable bonds is 6. The number of hydrogen-bond donors (Lipinski definition) is 1. The third-order valence-corrected chi connectivity index (χ3v) is 3.57. The van der Waals surface area contributed by atoms with Crippen LogP contribution in [0.4, 0.5) is 11.4 Å². The summed E-state index contributed by atoms with van der Waals surface area (Å²) < 4.78 is 9.80. The Morgan fingerprint density at radius 3 is 2.36 bits per heavy atom. The van der Waals surface area contributed by atoms with Gasteiger partial charge in [0.05, 0.1) is 30.3 Å². The zero-order chi connectivity index (χ0) is 20.8. The molecular weight excluding hydrogens is 374 g/mol. The molecule has 11 nitrogen and oxygen atoms in total. The van der Waals surface area contributed by atoms with E-state index in [2.05, 4.69) is 14.8 Å². The van der Waals surface area contributed by atoms with Crippen LogP contribution in [0.5, 0.6) is 0 Å². The molecule has 2 rings (SSSR count). The molecule has 0 bridgehead atoms. The summed E-state index contributed by atoms with van der Waals surface area (Å²) in [5, 5.41) is 13.5. The highest BCUT2D eigenvalue weighted by molar-refractivity contribution is 5.94. The van der Waals surface area contributed by atoms with Gasteiger partial charge in [-0.1, -0.05) is 6.07 Å². The van der Waals surface area contributed by atoms with Crippen LogP contribution < -0.4 is 10.9 Å². The molecule has 1 aromatic carbocycles. The largest absolute Gasteiger partial charge is 0.465 e. The number of pyridine rings is 1. The van der Waals surface area contributed by atoms with Gasteiger partial charge in [-0.15, -0.1) is 0 Å². The van der Waals surface area contributed by atoms with Crippen LogP contribution >= 0.6 is 0 Å². The molecule has 0 atom stereocenters. The number of ether oxygens (including phenoxy) is 2. The molecule has 0 spiro atoms. The van der Waals surface area contributed by atoms with Crippen molar-refractivity contribution in [2.75, 3.05) is 19.5 Å². The summed E-state index contributed by atoms with van der Waals surface area (Å²) in [6.07, 6.45) is 0.992. The molecule has 28 heavy (non-hydrogen) atoms. The van der Waals surface area contributed by atoms with Crippen molar-refractivity contribution in [3.63, 3.8) is 0 Å². The van der Waals surface area contributed by atoms with E-state index in [0.29, 0.717) is 0 Å². The summed E-state index contributed by atoms with van der Waals surface area (Å²) in [7, 11) is 2.28. The van der Waals surface area contributed by atoms with Crippen LogP contribution in [-0.4, -0.2) is 41.6 Å². The number of benzene rings is 1. The van der Waals surface area contributed by atoms with Crippen molar-refractivity contribution in [1.29, 1.82) is 0 Å². The molecular formula is C17H15N3O8. The molecule has 0 saturated carbocycles. The van der Waals surface area contributed by atoms with Gasteiger partial charge in [0.25, 0.3) is 0 Å². The van der Waals surface area contributed by atoms with Crippen molar-refractivity contribution >= 4 is 29.2 Å². The minimum Gasteiger partial charge on any atom is -0.465 e. The molecule has 1 heterocycles. The summed E-state index contributed by atoms with van der Waals surface area (Å²) in [5.74, 6) is -2.21. The maximum Gasteiger partial charge on any atom is 0.339 e. The summed E-state index contributed by atoms with van der Waals surface area (Å²) >= 11 is 0. The normalized spacial score (nSPS) is 10.1. The fourth-order valence-electron chi connectivity index (χ4n) is 2.29. The molecule has 0 aliphatic heterocycles. The Labute approximate surface area is 157 Å². The molecule has 0 radical (unpaired) electrons. The van der Waals surface area contributed by atoms with Crippen LogP contribution in [0, 0.1) is 10.1 Å². The van der Waals surface area contributed by atoms with Crippen molar-refractivity contribution < 1.29 is 28.8 Å². The van der Waals surface area contributed by atoms with Gasteiger partial charge in [-0.2, -0.15) is 0 Å². The molecule has 1 aromatic heterocycles. The first kappa shape index (κ1) is 20.3. The van der Waals surface area contributed by atoms with E-state index in [-0.39, 0.29) is 16.8 Å². The standard InChI is InChI=1S/C17H15N3O8/c1-27-16(23)10-4-3-5-12(6-10)18-14(21)9-19-8-11(17(24)28-2)7-13(15(19)22)20(25)26/h3-8H,9H2,1-2H3,(H,18,21). The average molecular weight is 389 g/mol. The van der Waals surface area contributed by atoms with E-state index in [1.165, 1.54) is 31.4 Å². The number of carbonyl (C=O) groups is 3. The van der Waals surface area contributed by atoms with Gasteiger partial charge in [0.2, 0.25) is 5.91 Å². The first-order valence-electron chi connectivity index (χ1n) is 7.72. The molecule has 146 valence electrons. The summed E-state index contributed by atoms with van der Waals surface area (Å²) in [4.78, 5) is 57.7. The Morgan fingerprint density at radius 2 is 1.75 bits per heavy atom. The van der Waals surface area contributed by atoms with Crippen molar-refractivity contribution in [1.82, 2.24) is 4.57 Å². The minimum absolute atomic E-state index is 0.195. The lowest BCUT2D eigenvalue weighted by atomic mass is 10.2. The van der Waals surface area contributed by atoms with Crippen molar-refractivity contribution in [3.8, 4) is 0 Å². The molecule has 0 aliphatic carbocycles. The number of nitrogens with zero attached hydrogens (tertiary/aromatic N) is 2. The topological polar surface area (TPSA) is 147 Å². The van der Waals surface area contributed by atoms with Crippen LogP contribution in [0.1, 0.15) is 20.7 Å². The second kappa shape index (κ2) is 8.58. The van der Waals surface area contributed by atoms with Gasteiger partial charge in [0, 0.05) is 18.0 Å². The Balaban J connectivity index is 2.30. The fourth-order valence-corrected chi connectivity index (χ4v) is 2.29. The maximum absolute atomic E-state index is 12.2. The van der Waals surface area contributed by atoms with Gasteiger partial charge < -0.3 is 14.8 Å². The molecule has 0 aliphatic rings. The molecule has 1 N–H and O–H groups in total. The molecule has 0 unspecified atom stereocenters. The highest BCUT2D eigenvalue weighted by atomic mass is 16.6. The Morgan fingerprint density at radius 1 is 1.11 bits per heavy atom. The smallest absolute Gasteiger partial charge is 0.339 e. The van der Waals surface area contributed by atoms with Gasteiger partial charge in [0.1, 0.15) is 6.54 Å². The van der Waals surface area contributed by atoms with E-state index in [1.807, 2.05) is 0 Å². The molecule has 1 amide bonds. The van der Waals surface area contributed by atoms with Crippen LogP contribution in [0.25, 0.3) is 0 Å². The number of anilines is 1. The van der Waals surface area contributed by atoms with Crippen molar-refractivity contribution in [2.24, 2.45) is 0 Å². The Hall–Kier alpha value is -4.02. The summed E-state index contributed by atoms with van der Waals surface area (Å²) in [6, 6.07) is 6.63. The van der Waals surface area contributed by atoms with Crippen LogP contribution in [-0.2, 0) is 20.8 Å². The van der Waals surface area contributed by atoms with Crippen LogP contribution in [0.2, 0.25) is 0 Å². The van der Waals surface area contributed by atoms with E-state index in [4.69, 9.17) is 0 Å². The zero-order valence-corrected chi connectivity index (χ0v) is 14.8. The zero-order valence-electron chi connectivity index (χ0n) is 14.8. The first-order valence-corrected chi connectivity index (χ1v) is 7.72. The van der Waals surface area contributed by atoms with Crippen LogP contribution in [0.15, 0.2) is 41.3 Å². The number of amides is 1. The number of aromatic nitrogens is 1. The van der Waals surface area contributed by atoms with Gasteiger partial charge in [-0.3, -0.25) is 24.3 Å². The SMILES string of the molecule is COC(=O)c1cccc(NC(=O)Cn2cc(C(=O)OC)cc([N+](=O)[O-])c2=O)c1. The monoisotopic (exact) mass is 389 g/mol. The third kappa shape index (κ3) is 4.58. The minimum atomic E-state index is -1.06. The lowest BCUT2D eigenvalue weighted by molar-refractivity contribution is -0.386. The molecule has 0 fully saturated rings. The van der Waals surface area contributed by atoms with E-state index in [0.717, 1.165) is 23.9 Å². The highest BCUT2D eigenvalue weighted by Crippen LogP contribution is 2.13. The number of nitrogens with one attached hydrogen (secondary N) is 1. The second-order valence-corrected chi connectivity index (χ2v) is 5.42. The van der Waals surface area contributed by atoms with Crippen molar-refractivity contribution in [3.05, 3.63) is 68.1 Å². The summed E-state index contributed by atoms with van der Waals surface area (Å²) in [5.41, 5.74) is -1.74. The van der Waals surface area contributed by atoms with E-state index in [1.54, 1.807) is 0 Å². The maximum atomic E-state index is 12.2. The predicted molar refractivity (Wildman–Crippen MR) is 95.1 cm³/mol. The van der Waals surface area contributed by atoms with Crippen molar-refractivity contribution in [2.45, 2.75) is 6.54 Å². The quantitative estimate of drug-likeness (QED) is 0.437. The third-order valence-electron chi connectivity index (χ3n) is 3.57. The lowest BCUT2D eigenvalue weighted by Gasteiger charge is -2.09. The van der Waals surface area contributed by atoms with Gasteiger partial charge >= 0.3 is 23.2 Å². The number of esters is 2. The van der Waals surface area contributed by atoms with Gasteiger partial charge in [-0.25, -0.2) is 9.59 Å². The van der Waals surface area contributed by atoms with Gasteiger partial charge in [0.15, 0.2) is 0 Å². The predicted octanol–water partition coefficient (Wildman–Crippen LogP) is 0.968. The number of hydrogen-bond acceptors (Lipinski definition) is 8.